The summed E-state index contributed by atoms with van der Waals surface area (Å²) in [5.41, 5.74) is 1.35. The van der Waals surface area contributed by atoms with E-state index in [2.05, 4.69) is 34.2 Å². The first-order chi connectivity index (χ1) is 13.1. The molecule has 2 unspecified atom stereocenters. The molecule has 2 aromatic rings. The first-order valence-corrected chi connectivity index (χ1v) is 9.60. The summed E-state index contributed by atoms with van der Waals surface area (Å²) in [4.78, 5) is 14.6. The van der Waals surface area contributed by atoms with Crippen LogP contribution >= 0.6 is 0 Å². The van der Waals surface area contributed by atoms with Crippen LogP contribution in [0.2, 0.25) is 0 Å². The van der Waals surface area contributed by atoms with Crippen LogP contribution in [0.3, 0.4) is 0 Å². The van der Waals surface area contributed by atoms with E-state index in [0.717, 1.165) is 37.0 Å². The van der Waals surface area contributed by atoms with Crippen molar-refractivity contribution < 1.29 is 14.3 Å². The maximum absolute atomic E-state index is 12.1. The fraction of sp³-hybridized carbons (Fsp3) is 0.550. The number of aromatic nitrogens is 3. The van der Waals surface area contributed by atoms with Gasteiger partial charge in [-0.15, -0.1) is 5.10 Å². The maximum atomic E-state index is 12.1. The van der Waals surface area contributed by atoms with Crippen LogP contribution in [0, 0.1) is 11.8 Å². The highest BCUT2D eigenvalue weighted by Crippen LogP contribution is 2.30. The number of hydrogen-bond donors (Lipinski definition) is 1. The second kappa shape index (κ2) is 8.99. The number of nitrogens with zero attached hydrogens (tertiary/aromatic N) is 3. The van der Waals surface area contributed by atoms with Crippen molar-refractivity contribution in [1.29, 1.82) is 0 Å². The molecule has 1 aromatic carbocycles. The number of hydrogen-bond acceptors (Lipinski definition) is 6. The Balaban J connectivity index is 1.68. The Bertz CT molecular complexity index is 751. The Morgan fingerprint density at radius 3 is 2.70 bits per heavy atom. The Hall–Kier alpha value is -2.41. The first-order valence-electron chi connectivity index (χ1n) is 9.60. The maximum Gasteiger partial charge on any atom is 0.361 e. The highest BCUT2D eigenvalue weighted by atomic mass is 16.5. The van der Waals surface area contributed by atoms with Crippen molar-refractivity contribution in [3.8, 4) is 17.0 Å². The molecule has 0 saturated carbocycles. The van der Waals surface area contributed by atoms with Gasteiger partial charge >= 0.3 is 5.97 Å². The number of benzene rings is 1. The van der Waals surface area contributed by atoms with E-state index in [1.165, 1.54) is 6.42 Å². The van der Waals surface area contributed by atoms with Gasteiger partial charge in [-0.3, -0.25) is 4.90 Å². The third-order valence-corrected chi connectivity index (χ3v) is 4.77. The number of ether oxygens (including phenoxy) is 2. The van der Waals surface area contributed by atoms with Crippen molar-refractivity contribution >= 4 is 5.97 Å². The van der Waals surface area contributed by atoms with Gasteiger partial charge in [0.1, 0.15) is 18.1 Å². The van der Waals surface area contributed by atoms with Gasteiger partial charge in [-0.2, -0.15) is 10.3 Å². The largest absolute Gasteiger partial charge is 0.492 e. The molecule has 2 heterocycles. The molecule has 1 saturated heterocycles. The van der Waals surface area contributed by atoms with Crippen molar-refractivity contribution in [2.75, 3.05) is 32.8 Å². The number of carbonyl (C=O) groups is 1. The normalized spacial score (nSPS) is 20.4. The van der Waals surface area contributed by atoms with Crippen LogP contribution in [0.1, 0.15) is 37.7 Å². The molecule has 27 heavy (non-hydrogen) atoms. The lowest BCUT2D eigenvalue weighted by Gasteiger charge is -2.34. The van der Waals surface area contributed by atoms with Crippen molar-refractivity contribution in [1.82, 2.24) is 20.3 Å². The molecule has 1 N–H and O–H groups in total. The van der Waals surface area contributed by atoms with Gasteiger partial charge in [-0.25, -0.2) is 4.79 Å². The van der Waals surface area contributed by atoms with E-state index >= 15 is 0 Å². The molecule has 0 spiro atoms. The lowest BCUT2D eigenvalue weighted by molar-refractivity contribution is 0.0520. The monoisotopic (exact) mass is 372 g/mol. The minimum atomic E-state index is -0.493. The van der Waals surface area contributed by atoms with Gasteiger partial charge in [0.25, 0.3) is 0 Å². The number of H-pyrrole nitrogens is 1. The molecule has 1 aliphatic rings. The summed E-state index contributed by atoms with van der Waals surface area (Å²) in [5.74, 6) is 1.65. The highest BCUT2D eigenvalue weighted by Gasteiger charge is 2.23. The summed E-state index contributed by atoms with van der Waals surface area (Å²) in [6.07, 6.45) is 1.29. The summed E-state index contributed by atoms with van der Waals surface area (Å²) in [6.45, 7) is 10.4. The molecule has 2 atom stereocenters. The minimum absolute atomic E-state index is 0.173. The molecule has 1 aliphatic heterocycles. The van der Waals surface area contributed by atoms with Gasteiger partial charge in [0.05, 0.1) is 6.61 Å². The Morgan fingerprint density at radius 2 is 1.96 bits per heavy atom. The van der Waals surface area contributed by atoms with E-state index in [1.54, 1.807) is 6.92 Å². The highest BCUT2D eigenvalue weighted by molar-refractivity contribution is 5.94. The average Bonchev–Trinajstić information content (AvgIpc) is 3.11. The number of piperidine rings is 1. The van der Waals surface area contributed by atoms with Crippen LogP contribution < -0.4 is 4.74 Å². The van der Waals surface area contributed by atoms with E-state index in [-0.39, 0.29) is 12.3 Å². The Morgan fingerprint density at radius 1 is 1.22 bits per heavy atom. The van der Waals surface area contributed by atoms with Crippen molar-refractivity contribution in [3.63, 3.8) is 0 Å². The number of aromatic amines is 1. The van der Waals surface area contributed by atoms with E-state index < -0.39 is 5.97 Å². The van der Waals surface area contributed by atoms with E-state index in [1.807, 2.05) is 24.3 Å². The number of rotatable bonds is 7. The van der Waals surface area contributed by atoms with E-state index in [0.29, 0.717) is 18.1 Å². The molecular weight excluding hydrogens is 344 g/mol. The lowest BCUT2D eigenvalue weighted by Crippen LogP contribution is -2.40. The quantitative estimate of drug-likeness (QED) is 0.753. The van der Waals surface area contributed by atoms with Crippen molar-refractivity contribution in [2.24, 2.45) is 11.8 Å². The van der Waals surface area contributed by atoms with Crippen molar-refractivity contribution in [2.45, 2.75) is 27.2 Å². The smallest absolute Gasteiger partial charge is 0.361 e. The SMILES string of the molecule is CCOC(=O)c1n[nH]nc1-c1ccccc1OCCN1CC(C)CC(C)C1. The first kappa shape index (κ1) is 19.4. The van der Waals surface area contributed by atoms with Gasteiger partial charge < -0.3 is 9.47 Å². The van der Waals surface area contributed by atoms with Gasteiger partial charge in [0.2, 0.25) is 0 Å². The number of carbonyl (C=O) groups excluding carboxylic acids is 1. The second-order valence-corrected chi connectivity index (χ2v) is 7.29. The fourth-order valence-corrected chi connectivity index (χ4v) is 3.81. The molecule has 0 amide bonds. The van der Waals surface area contributed by atoms with Crippen LogP contribution in [-0.2, 0) is 4.74 Å². The molecule has 1 fully saturated rings. The number of likely N-dealkylation sites (tertiary alicyclic amines) is 1. The molecule has 1 aromatic heterocycles. The summed E-state index contributed by atoms with van der Waals surface area (Å²) < 4.78 is 11.1. The lowest BCUT2D eigenvalue weighted by atomic mass is 9.92. The predicted octanol–water partition coefficient (Wildman–Crippen LogP) is 3.01. The molecular formula is C20H28N4O3. The zero-order valence-electron chi connectivity index (χ0n) is 16.3. The number of nitrogens with one attached hydrogen (secondary N) is 1. The van der Waals surface area contributed by atoms with Gasteiger partial charge in [0.15, 0.2) is 5.69 Å². The summed E-state index contributed by atoms with van der Waals surface area (Å²) in [6, 6.07) is 7.56. The van der Waals surface area contributed by atoms with Crippen LogP contribution in [0.5, 0.6) is 5.75 Å². The molecule has 0 radical (unpaired) electrons. The minimum Gasteiger partial charge on any atom is -0.492 e. The van der Waals surface area contributed by atoms with Crippen molar-refractivity contribution in [3.05, 3.63) is 30.0 Å². The van der Waals surface area contributed by atoms with Gasteiger partial charge in [-0.1, -0.05) is 26.0 Å². The molecule has 7 nitrogen and oxygen atoms in total. The molecule has 146 valence electrons. The standard InChI is InChI=1S/C20H28N4O3/c1-4-26-20(25)19-18(21-23-22-19)16-7-5-6-8-17(16)27-10-9-24-12-14(2)11-15(3)13-24/h5-8,14-15H,4,9-13H2,1-3H3,(H,21,22,23). The van der Waals surface area contributed by atoms with Crippen LogP contribution in [0.25, 0.3) is 11.3 Å². The Labute approximate surface area is 160 Å². The summed E-state index contributed by atoms with van der Waals surface area (Å²) in [5, 5.41) is 10.6. The molecule has 0 aliphatic carbocycles. The van der Waals surface area contributed by atoms with Gasteiger partial charge in [0, 0.05) is 25.2 Å². The number of esters is 1. The number of para-hydroxylation sites is 1. The van der Waals surface area contributed by atoms with Crippen LogP contribution in [0.15, 0.2) is 24.3 Å². The zero-order chi connectivity index (χ0) is 19.2. The topological polar surface area (TPSA) is 80.3 Å². The molecule has 7 heteroatoms. The van der Waals surface area contributed by atoms with Crippen LogP contribution in [0.4, 0.5) is 0 Å². The molecule has 3 rings (SSSR count). The third kappa shape index (κ3) is 4.86. The Kier molecular flexibility index (Phi) is 6.45. The second-order valence-electron chi connectivity index (χ2n) is 7.29. The average molecular weight is 372 g/mol. The predicted molar refractivity (Wildman–Crippen MR) is 103 cm³/mol. The van der Waals surface area contributed by atoms with Gasteiger partial charge in [-0.05, 0) is 37.3 Å². The fourth-order valence-electron chi connectivity index (χ4n) is 3.81. The summed E-state index contributed by atoms with van der Waals surface area (Å²) in [7, 11) is 0. The molecule has 0 bridgehead atoms. The van der Waals surface area contributed by atoms with Crippen LogP contribution in [-0.4, -0.2) is 59.1 Å². The van der Waals surface area contributed by atoms with E-state index in [9.17, 15) is 4.79 Å². The van der Waals surface area contributed by atoms with E-state index in [4.69, 9.17) is 9.47 Å². The summed E-state index contributed by atoms with van der Waals surface area (Å²) >= 11 is 0. The zero-order valence-corrected chi connectivity index (χ0v) is 16.3. The third-order valence-electron chi connectivity index (χ3n) is 4.77.